The molecule has 5 heteroatoms. The van der Waals surface area contributed by atoms with E-state index < -0.39 is 0 Å². The summed E-state index contributed by atoms with van der Waals surface area (Å²) in [6.07, 6.45) is 2.99. The van der Waals surface area contributed by atoms with Gasteiger partial charge in [-0.1, -0.05) is 22.9 Å². The molecular weight excluding hydrogens is 318 g/mol. The van der Waals surface area contributed by atoms with Crippen LogP contribution in [0.25, 0.3) is 5.69 Å². The molecule has 0 spiro atoms. The minimum atomic E-state index is 0.716. The van der Waals surface area contributed by atoms with Crippen LogP contribution in [0.2, 0.25) is 0 Å². The molecular formula is C15H20BrN3O. The number of hydrogen-bond acceptors (Lipinski definition) is 3. The van der Waals surface area contributed by atoms with Gasteiger partial charge in [0.15, 0.2) is 0 Å². The van der Waals surface area contributed by atoms with Crippen molar-refractivity contribution in [2.45, 2.75) is 19.9 Å². The highest BCUT2D eigenvalue weighted by molar-refractivity contribution is 9.10. The zero-order valence-corrected chi connectivity index (χ0v) is 13.5. The molecule has 1 aromatic carbocycles. The van der Waals surface area contributed by atoms with E-state index in [2.05, 4.69) is 45.4 Å². The van der Waals surface area contributed by atoms with E-state index in [1.54, 1.807) is 7.11 Å². The van der Waals surface area contributed by atoms with Crippen LogP contribution >= 0.6 is 15.9 Å². The second-order valence-electron chi connectivity index (χ2n) is 4.55. The Labute approximate surface area is 128 Å². The zero-order chi connectivity index (χ0) is 14.4. The van der Waals surface area contributed by atoms with Crippen LogP contribution in [0.5, 0.6) is 0 Å². The summed E-state index contributed by atoms with van der Waals surface area (Å²) in [5, 5.41) is 7.91. The molecule has 20 heavy (non-hydrogen) atoms. The highest BCUT2D eigenvalue weighted by atomic mass is 79.9. The third-order valence-electron chi connectivity index (χ3n) is 3.10. The minimum absolute atomic E-state index is 0.716. The van der Waals surface area contributed by atoms with E-state index in [4.69, 9.17) is 4.74 Å². The van der Waals surface area contributed by atoms with Gasteiger partial charge < -0.3 is 10.1 Å². The van der Waals surface area contributed by atoms with Crippen LogP contribution < -0.4 is 5.32 Å². The molecule has 2 rings (SSSR count). The molecule has 2 aromatic rings. The van der Waals surface area contributed by atoms with Crippen molar-refractivity contribution in [1.29, 1.82) is 0 Å². The molecule has 1 N–H and O–H groups in total. The minimum Gasteiger partial charge on any atom is -0.383 e. The summed E-state index contributed by atoms with van der Waals surface area (Å²) >= 11 is 3.51. The third-order valence-corrected chi connectivity index (χ3v) is 3.60. The fourth-order valence-corrected chi connectivity index (χ4v) is 2.45. The highest BCUT2D eigenvalue weighted by Crippen LogP contribution is 2.20. The van der Waals surface area contributed by atoms with Crippen molar-refractivity contribution in [1.82, 2.24) is 15.1 Å². The number of nitrogens with one attached hydrogen (secondary N) is 1. The predicted molar refractivity (Wildman–Crippen MR) is 84.2 cm³/mol. The number of aryl methyl sites for hydroxylation is 1. The normalized spacial score (nSPS) is 10.9. The van der Waals surface area contributed by atoms with E-state index in [1.807, 2.05) is 23.0 Å². The van der Waals surface area contributed by atoms with Crippen LogP contribution in [0.4, 0.5) is 0 Å². The van der Waals surface area contributed by atoms with Crippen LogP contribution in [-0.2, 0) is 17.7 Å². The summed E-state index contributed by atoms with van der Waals surface area (Å²) in [6.45, 7) is 4.46. The first-order valence-electron chi connectivity index (χ1n) is 6.77. The number of rotatable bonds is 7. The first-order chi connectivity index (χ1) is 9.74. The van der Waals surface area contributed by atoms with E-state index >= 15 is 0 Å². The summed E-state index contributed by atoms with van der Waals surface area (Å²) in [5.74, 6) is 0. The van der Waals surface area contributed by atoms with Crippen LogP contribution in [0.3, 0.4) is 0 Å². The average Bonchev–Trinajstić information content (AvgIpc) is 2.92. The van der Waals surface area contributed by atoms with Crippen LogP contribution in [0, 0.1) is 0 Å². The Morgan fingerprint density at radius 3 is 2.95 bits per heavy atom. The van der Waals surface area contributed by atoms with Crippen molar-refractivity contribution in [3.63, 3.8) is 0 Å². The molecule has 0 unspecified atom stereocenters. The Morgan fingerprint density at radius 1 is 1.35 bits per heavy atom. The van der Waals surface area contributed by atoms with Crippen molar-refractivity contribution in [2.24, 2.45) is 0 Å². The first-order valence-corrected chi connectivity index (χ1v) is 7.57. The van der Waals surface area contributed by atoms with Crippen molar-refractivity contribution in [3.8, 4) is 5.69 Å². The van der Waals surface area contributed by atoms with Crippen LogP contribution in [-0.4, -0.2) is 30.0 Å². The molecule has 0 saturated heterocycles. The lowest BCUT2D eigenvalue weighted by Gasteiger charge is -2.08. The second-order valence-corrected chi connectivity index (χ2v) is 5.46. The van der Waals surface area contributed by atoms with Gasteiger partial charge in [0.2, 0.25) is 0 Å². The lowest BCUT2D eigenvalue weighted by molar-refractivity contribution is 0.199. The van der Waals surface area contributed by atoms with E-state index in [-0.39, 0.29) is 0 Å². The van der Waals surface area contributed by atoms with Gasteiger partial charge in [-0.3, -0.25) is 0 Å². The number of aromatic nitrogens is 2. The fraction of sp³-hybridized carbons (Fsp3) is 0.400. The predicted octanol–water partition coefficient (Wildman–Crippen LogP) is 2.93. The van der Waals surface area contributed by atoms with Gasteiger partial charge in [-0.2, -0.15) is 5.10 Å². The molecule has 0 fully saturated rings. The summed E-state index contributed by atoms with van der Waals surface area (Å²) in [7, 11) is 1.70. The Bertz CT molecular complexity index is 554. The SMILES string of the molecule is CCc1cc(Br)ccc1-n1ccc(CNCCOC)n1. The lowest BCUT2D eigenvalue weighted by atomic mass is 10.1. The standard InChI is InChI=1S/C15H20BrN3O/c1-3-12-10-13(16)4-5-15(12)19-8-6-14(18-19)11-17-7-9-20-2/h4-6,8,10,17H,3,7,9,11H2,1-2H3. The number of ether oxygens (including phenoxy) is 1. The molecule has 1 heterocycles. The molecule has 0 saturated carbocycles. The zero-order valence-electron chi connectivity index (χ0n) is 11.9. The molecule has 0 bridgehead atoms. The van der Waals surface area contributed by atoms with Crippen LogP contribution in [0.1, 0.15) is 18.2 Å². The molecule has 108 valence electrons. The summed E-state index contributed by atoms with van der Waals surface area (Å²) in [6, 6.07) is 8.33. The van der Waals surface area contributed by atoms with Gasteiger partial charge in [0, 0.05) is 30.9 Å². The number of hydrogen-bond donors (Lipinski definition) is 1. The summed E-state index contributed by atoms with van der Waals surface area (Å²) in [4.78, 5) is 0. The maximum Gasteiger partial charge on any atom is 0.0766 e. The Morgan fingerprint density at radius 2 is 2.20 bits per heavy atom. The van der Waals surface area contributed by atoms with Crippen molar-refractivity contribution >= 4 is 15.9 Å². The molecule has 0 atom stereocenters. The molecule has 0 aliphatic heterocycles. The molecule has 1 aromatic heterocycles. The Balaban J connectivity index is 2.08. The van der Waals surface area contributed by atoms with Gasteiger partial charge in [-0.15, -0.1) is 0 Å². The first kappa shape index (κ1) is 15.2. The van der Waals surface area contributed by atoms with Gasteiger partial charge >= 0.3 is 0 Å². The van der Waals surface area contributed by atoms with Gasteiger partial charge in [0.05, 0.1) is 18.0 Å². The number of benzene rings is 1. The maximum atomic E-state index is 5.00. The molecule has 0 amide bonds. The number of methoxy groups -OCH3 is 1. The molecule has 0 aliphatic rings. The van der Waals surface area contributed by atoms with E-state index in [1.165, 1.54) is 5.56 Å². The van der Waals surface area contributed by atoms with Gasteiger partial charge in [0.1, 0.15) is 0 Å². The van der Waals surface area contributed by atoms with Crippen LogP contribution in [0.15, 0.2) is 34.9 Å². The van der Waals surface area contributed by atoms with E-state index in [9.17, 15) is 0 Å². The topological polar surface area (TPSA) is 39.1 Å². The Hall–Kier alpha value is -1.17. The van der Waals surface area contributed by atoms with Gasteiger partial charge in [-0.25, -0.2) is 4.68 Å². The molecule has 0 aliphatic carbocycles. The van der Waals surface area contributed by atoms with Crippen molar-refractivity contribution in [2.75, 3.05) is 20.3 Å². The third kappa shape index (κ3) is 3.91. The average molecular weight is 338 g/mol. The number of halogens is 1. The summed E-state index contributed by atoms with van der Waals surface area (Å²) < 4.78 is 8.05. The molecule has 4 nitrogen and oxygen atoms in total. The maximum absolute atomic E-state index is 5.00. The van der Waals surface area contributed by atoms with Crippen molar-refractivity contribution in [3.05, 3.63) is 46.2 Å². The van der Waals surface area contributed by atoms with Crippen molar-refractivity contribution < 1.29 is 4.74 Å². The fourth-order valence-electron chi connectivity index (χ4n) is 2.04. The van der Waals surface area contributed by atoms with Gasteiger partial charge in [-0.05, 0) is 36.2 Å². The quantitative estimate of drug-likeness (QED) is 0.789. The van der Waals surface area contributed by atoms with Gasteiger partial charge in [0.25, 0.3) is 0 Å². The van der Waals surface area contributed by atoms with E-state index in [0.717, 1.165) is 35.4 Å². The van der Waals surface area contributed by atoms with E-state index in [0.29, 0.717) is 6.61 Å². The monoisotopic (exact) mass is 337 g/mol. The summed E-state index contributed by atoms with van der Waals surface area (Å²) in [5.41, 5.74) is 3.45. The number of nitrogens with zero attached hydrogens (tertiary/aromatic N) is 2. The Kier molecular flexibility index (Phi) is 5.76. The second kappa shape index (κ2) is 7.57. The lowest BCUT2D eigenvalue weighted by Crippen LogP contribution is -2.18. The molecule has 0 radical (unpaired) electrons. The highest BCUT2D eigenvalue weighted by Gasteiger charge is 2.06. The largest absolute Gasteiger partial charge is 0.383 e. The smallest absolute Gasteiger partial charge is 0.0766 e.